The summed E-state index contributed by atoms with van der Waals surface area (Å²) < 4.78 is 0. The molecular formula is C13H22N4S. The molecule has 0 amide bonds. The largest absolute Gasteiger partial charge is 0.370 e. The molecule has 2 N–H and O–H groups in total. The molecule has 1 heterocycles. The molecule has 0 aliphatic heterocycles. The number of hydrogen-bond donors (Lipinski definition) is 3. The zero-order chi connectivity index (χ0) is 12.6. The molecule has 1 aromatic heterocycles. The van der Waals surface area contributed by atoms with E-state index in [0.717, 1.165) is 36.4 Å². The van der Waals surface area contributed by atoms with E-state index in [9.17, 15) is 0 Å². The van der Waals surface area contributed by atoms with Gasteiger partial charge in [-0.1, -0.05) is 25.7 Å². The van der Waals surface area contributed by atoms with Gasteiger partial charge in [0.25, 0.3) is 0 Å². The van der Waals surface area contributed by atoms with Crippen molar-refractivity contribution in [3.05, 3.63) is 12.4 Å². The minimum atomic E-state index is 0.800. The summed E-state index contributed by atoms with van der Waals surface area (Å²) in [5.74, 6) is 3.49. The van der Waals surface area contributed by atoms with E-state index in [1.54, 1.807) is 6.33 Å². The van der Waals surface area contributed by atoms with Gasteiger partial charge < -0.3 is 10.6 Å². The van der Waals surface area contributed by atoms with Crippen LogP contribution in [-0.4, -0.2) is 28.8 Å². The lowest BCUT2D eigenvalue weighted by Crippen LogP contribution is -2.09. The summed E-state index contributed by atoms with van der Waals surface area (Å²) in [5, 5.41) is 6.58. The van der Waals surface area contributed by atoms with E-state index in [4.69, 9.17) is 0 Å². The quantitative estimate of drug-likeness (QED) is 0.664. The van der Waals surface area contributed by atoms with Crippen molar-refractivity contribution in [1.29, 1.82) is 0 Å². The number of nitrogens with one attached hydrogen (secondary N) is 2. The van der Waals surface area contributed by atoms with E-state index in [1.165, 1.54) is 32.1 Å². The smallest absolute Gasteiger partial charge is 0.131 e. The second kappa shape index (κ2) is 7.46. The fourth-order valence-electron chi connectivity index (χ4n) is 2.44. The van der Waals surface area contributed by atoms with Crippen LogP contribution in [0.2, 0.25) is 0 Å². The monoisotopic (exact) mass is 266 g/mol. The number of rotatable bonds is 7. The van der Waals surface area contributed by atoms with Crippen LogP contribution in [0.15, 0.2) is 12.4 Å². The molecule has 0 spiro atoms. The predicted molar refractivity (Wildman–Crippen MR) is 79.4 cm³/mol. The van der Waals surface area contributed by atoms with Crippen molar-refractivity contribution in [3.63, 3.8) is 0 Å². The molecule has 0 radical (unpaired) electrons. The predicted octanol–water partition coefficient (Wildman–Crippen LogP) is 2.81. The number of hydrogen-bond acceptors (Lipinski definition) is 5. The highest BCUT2D eigenvalue weighted by Gasteiger charge is 2.14. The van der Waals surface area contributed by atoms with Gasteiger partial charge in [0.15, 0.2) is 0 Å². The second-order valence-corrected chi connectivity index (χ2v) is 5.25. The Morgan fingerprint density at radius 3 is 2.44 bits per heavy atom. The molecule has 4 nitrogen and oxygen atoms in total. The van der Waals surface area contributed by atoms with E-state index < -0.39 is 0 Å². The Balaban J connectivity index is 1.74. The first kappa shape index (κ1) is 13.5. The molecule has 1 aromatic rings. The lowest BCUT2D eigenvalue weighted by atomic mass is 10.0. The lowest BCUT2D eigenvalue weighted by Gasteiger charge is -2.11. The van der Waals surface area contributed by atoms with Crippen LogP contribution in [-0.2, 0) is 0 Å². The molecule has 1 saturated carbocycles. The van der Waals surface area contributed by atoms with Crippen LogP contribution in [0.25, 0.3) is 0 Å². The zero-order valence-electron chi connectivity index (χ0n) is 10.7. The van der Waals surface area contributed by atoms with E-state index >= 15 is 0 Å². The molecular weight excluding hydrogens is 244 g/mol. The van der Waals surface area contributed by atoms with Crippen LogP contribution in [0.4, 0.5) is 11.6 Å². The van der Waals surface area contributed by atoms with Crippen molar-refractivity contribution in [1.82, 2.24) is 9.97 Å². The Hall–Kier alpha value is -0.970. The zero-order valence-corrected chi connectivity index (χ0v) is 11.6. The van der Waals surface area contributed by atoms with Gasteiger partial charge in [-0.05, 0) is 12.3 Å². The van der Waals surface area contributed by atoms with Crippen molar-refractivity contribution in [3.8, 4) is 0 Å². The van der Waals surface area contributed by atoms with Gasteiger partial charge in [-0.3, -0.25) is 0 Å². The summed E-state index contributed by atoms with van der Waals surface area (Å²) >= 11 is 4.16. The molecule has 5 heteroatoms. The van der Waals surface area contributed by atoms with E-state index in [-0.39, 0.29) is 0 Å². The molecule has 0 unspecified atom stereocenters. The van der Waals surface area contributed by atoms with E-state index in [1.807, 2.05) is 6.07 Å². The lowest BCUT2D eigenvalue weighted by molar-refractivity contribution is 0.518. The highest BCUT2D eigenvalue weighted by Crippen LogP contribution is 2.27. The Morgan fingerprint density at radius 1 is 1.11 bits per heavy atom. The third-order valence-electron chi connectivity index (χ3n) is 3.42. The molecule has 0 aromatic carbocycles. The van der Waals surface area contributed by atoms with Gasteiger partial charge in [-0.25, -0.2) is 9.97 Å². The molecule has 1 fully saturated rings. The van der Waals surface area contributed by atoms with Gasteiger partial charge in [0, 0.05) is 24.9 Å². The first-order valence-corrected chi connectivity index (χ1v) is 7.42. The summed E-state index contributed by atoms with van der Waals surface area (Å²) in [6, 6.07) is 1.96. The molecule has 0 atom stereocenters. The summed E-state index contributed by atoms with van der Waals surface area (Å²) in [5.41, 5.74) is 0. The summed E-state index contributed by atoms with van der Waals surface area (Å²) in [4.78, 5) is 8.40. The topological polar surface area (TPSA) is 49.8 Å². The van der Waals surface area contributed by atoms with Gasteiger partial charge in [0.2, 0.25) is 0 Å². The van der Waals surface area contributed by atoms with E-state index in [2.05, 4.69) is 33.2 Å². The summed E-state index contributed by atoms with van der Waals surface area (Å²) in [6.07, 6.45) is 8.48. The number of anilines is 2. The van der Waals surface area contributed by atoms with Crippen molar-refractivity contribution < 1.29 is 0 Å². The van der Waals surface area contributed by atoms with Crippen molar-refractivity contribution in [2.75, 3.05) is 29.5 Å². The van der Waals surface area contributed by atoms with Gasteiger partial charge in [0.05, 0.1) is 0 Å². The van der Waals surface area contributed by atoms with Gasteiger partial charge in [0.1, 0.15) is 18.0 Å². The average Bonchev–Trinajstić information content (AvgIpc) is 2.90. The minimum absolute atomic E-state index is 0.800. The summed E-state index contributed by atoms with van der Waals surface area (Å²) in [6.45, 7) is 1.83. The number of aromatic nitrogens is 2. The van der Waals surface area contributed by atoms with Gasteiger partial charge >= 0.3 is 0 Å². The van der Waals surface area contributed by atoms with Crippen LogP contribution >= 0.6 is 12.6 Å². The van der Waals surface area contributed by atoms with Crippen molar-refractivity contribution in [2.24, 2.45) is 5.92 Å². The fraction of sp³-hybridized carbons (Fsp3) is 0.692. The highest BCUT2D eigenvalue weighted by atomic mass is 32.1. The summed E-state index contributed by atoms with van der Waals surface area (Å²) in [7, 11) is 0. The third kappa shape index (κ3) is 4.37. The Labute approximate surface area is 114 Å². The Morgan fingerprint density at radius 2 is 1.78 bits per heavy atom. The SMILES string of the molecule is SCCNc1cc(NCCC2CCCC2)ncn1. The van der Waals surface area contributed by atoms with Crippen molar-refractivity contribution >= 4 is 24.3 Å². The molecule has 1 aliphatic carbocycles. The maximum Gasteiger partial charge on any atom is 0.131 e. The Kier molecular flexibility index (Phi) is 5.58. The molecule has 18 heavy (non-hydrogen) atoms. The van der Waals surface area contributed by atoms with Crippen LogP contribution < -0.4 is 10.6 Å². The van der Waals surface area contributed by atoms with Crippen LogP contribution in [0, 0.1) is 5.92 Å². The normalized spacial score (nSPS) is 15.8. The minimum Gasteiger partial charge on any atom is -0.370 e. The fourth-order valence-corrected chi connectivity index (χ4v) is 2.55. The molecule has 100 valence electrons. The van der Waals surface area contributed by atoms with Crippen molar-refractivity contribution in [2.45, 2.75) is 32.1 Å². The molecule has 1 aliphatic rings. The molecule has 0 bridgehead atoms. The highest BCUT2D eigenvalue weighted by molar-refractivity contribution is 7.80. The average molecular weight is 266 g/mol. The number of thiol groups is 1. The maximum absolute atomic E-state index is 4.23. The standard InChI is InChI=1S/C13H22N4S/c18-8-7-15-13-9-12(16-10-17-13)14-6-5-11-3-1-2-4-11/h9-11,18H,1-8H2,(H2,14,15,16,17). The second-order valence-electron chi connectivity index (χ2n) is 4.80. The third-order valence-corrected chi connectivity index (χ3v) is 3.64. The number of nitrogens with zero attached hydrogens (tertiary/aromatic N) is 2. The first-order valence-electron chi connectivity index (χ1n) is 6.79. The van der Waals surface area contributed by atoms with E-state index in [0.29, 0.717) is 0 Å². The molecule has 2 rings (SSSR count). The van der Waals surface area contributed by atoms with Crippen LogP contribution in [0.1, 0.15) is 32.1 Å². The molecule has 0 saturated heterocycles. The maximum atomic E-state index is 4.23. The van der Waals surface area contributed by atoms with Gasteiger partial charge in [-0.2, -0.15) is 12.6 Å². The van der Waals surface area contributed by atoms with Gasteiger partial charge in [-0.15, -0.1) is 0 Å². The van der Waals surface area contributed by atoms with Crippen LogP contribution in [0.5, 0.6) is 0 Å². The Bertz CT molecular complexity index is 353. The first-order chi connectivity index (χ1) is 8.88. The van der Waals surface area contributed by atoms with Crippen LogP contribution in [0.3, 0.4) is 0 Å².